The molecule has 0 aliphatic heterocycles. The van der Waals surface area contributed by atoms with Gasteiger partial charge in [-0.25, -0.2) is 4.79 Å². The number of nitrogens with one attached hydrogen (secondary N) is 2. The van der Waals surface area contributed by atoms with Crippen LogP contribution in [0, 0.1) is 0 Å². The SMILES string of the molecule is CC(=O)Nc1cccc(C(=O)N[C@H](CC(=O)OCc2ccccc2)C(=O)O)c1. The van der Waals surface area contributed by atoms with Crippen molar-refractivity contribution in [3.8, 4) is 0 Å². The van der Waals surface area contributed by atoms with Gasteiger partial charge in [-0.3, -0.25) is 14.4 Å². The van der Waals surface area contributed by atoms with Gasteiger partial charge in [0.25, 0.3) is 5.91 Å². The van der Waals surface area contributed by atoms with Gasteiger partial charge in [-0.05, 0) is 23.8 Å². The molecular formula is C20H20N2O6. The lowest BCUT2D eigenvalue weighted by molar-refractivity contribution is -0.150. The highest BCUT2D eigenvalue weighted by atomic mass is 16.5. The number of esters is 1. The largest absolute Gasteiger partial charge is 0.480 e. The zero-order valence-corrected chi connectivity index (χ0v) is 15.2. The zero-order chi connectivity index (χ0) is 20.5. The van der Waals surface area contributed by atoms with Crippen LogP contribution in [0.3, 0.4) is 0 Å². The van der Waals surface area contributed by atoms with Crippen LogP contribution in [0.5, 0.6) is 0 Å². The van der Waals surface area contributed by atoms with Gasteiger partial charge in [-0.15, -0.1) is 0 Å². The molecule has 0 radical (unpaired) electrons. The summed E-state index contributed by atoms with van der Waals surface area (Å²) in [5, 5.41) is 14.1. The van der Waals surface area contributed by atoms with E-state index < -0.39 is 30.3 Å². The maximum absolute atomic E-state index is 12.3. The topological polar surface area (TPSA) is 122 Å². The van der Waals surface area contributed by atoms with E-state index in [-0.39, 0.29) is 18.1 Å². The number of carbonyl (C=O) groups is 4. The maximum atomic E-state index is 12.3. The third kappa shape index (κ3) is 6.56. The quantitative estimate of drug-likeness (QED) is 0.598. The van der Waals surface area contributed by atoms with Gasteiger partial charge in [-0.2, -0.15) is 0 Å². The van der Waals surface area contributed by atoms with Crippen LogP contribution in [0.1, 0.15) is 29.3 Å². The second-order valence-corrected chi connectivity index (χ2v) is 5.98. The summed E-state index contributed by atoms with van der Waals surface area (Å²) in [5.74, 6) is -3.09. The Balaban J connectivity index is 1.96. The van der Waals surface area contributed by atoms with Crippen molar-refractivity contribution < 1.29 is 29.0 Å². The monoisotopic (exact) mass is 384 g/mol. The molecule has 0 unspecified atom stereocenters. The van der Waals surface area contributed by atoms with Crippen LogP contribution >= 0.6 is 0 Å². The standard InChI is InChI=1S/C20H20N2O6/c1-13(23)21-16-9-5-8-15(10-16)19(25)22-17(20(26)27)11-18(24)28-12-14-6-3-2-4-7-14/h2-10,17H,11-12H2,1H3,(H,21,23)(H,22,25)(H,26,27)/t17-/m1/s1. The number of rotatable bonds is 8. The summed E-state index contributed by atoms with van der Waals surface area (Å²) < 4.78 is 5.06. The summed E-state index contributed by atoms with van der Waals surface area (Å²) in [4.78, 5) is 46.8. The van der Waals surface area contributed by atoms with Crippen LogP contribution in [-0.2, 0) is 25.7 Å². The Morgan fingerprint density at radius 3 is 2.39 bits per heavy atom. The molecule has 0 saturated carbocycles. The Kier molecular flexibility index (Phi) is 7.27. The summed E-state index contributed by atoms with van der Waals surface area (Å²) >= 11 is 0. The molecular weight excluding hydrogens is 364 g/mol. The predicted octanol–water partition coefficient (Wildman–Crippen LogP) is 1.96. The van der Waals surface area contributed by atoms with Crippen LogP contribution in [0.2, 0.25) is 0 Å². The van der Waals surface area contributed by atoms with Gasteiger partial charge >= 0.3 is 11.9 Å². The fourth-order valence-corrected chi connectivity index (χ4v) is 2.35. The Bertz CT molecular complexity index is 866. The van der Waals surface area contributed by atoms with Gasteiger partial charge in [0.1, 0.15) is 12.6 Å². The van der Waals surface area contributed by atoms with Crippen LogP contribution in [0.25, 0.3) is 0 Å². The number of carbonyl (C=O) groups excluding carboxylic acids is 3. The number of hydrogen-bond acceptors (Lipinski definition) is 5. The van der Waals surface area contributed by atoms with Crippen molar-refractivity contribution in [1.82, 2.24) is 5.32 Å². The lowest BCUT2D eigenvalue weighted by atomic mass is 10.1. The molecule has 2 aromatic carbocycles. The first-order chi connectivity index (χ1) is 13.3. The Morgan fingerprint density at radius 2 is 1.75 bits per heavy atom. The van der Waals surface area contributed by atoms with Crippen molar-refractivity contribution in [2.45, 2.75) is 26.0 Å². The Hall–Kier alpha value is -3.68. The highest BCUT2D eigenvalue weighted by Gasteiger charge is 2.24. The lowest BCUT2D eigenvalue weighted by Gasteiger charge is -2.14. The number of anilines is 1. The van der Waals surface area contributed by atoms with Gasteiger partial charge in [0.15, 0.2) is 0 Å². The van der Waals surface area contributed by atoms with Gasteiger partial charge < -0.3 is 20.5 Å². The molecule has 146 valence electrons. The van der Waals surface area contributed by atoms with Crippen LogP contribution < -0.4 is 10.6 Å². The summed E-state index contributed by atoms with van der Waals surface area (Å²) in [6.07, 6.45) is -0.515. The molecule has 2 amide bonds. The van der Waals surface area contributed by atoms with Crippen molar-refractivity contribution in [3.05, 3.63) is 65.7 Å². The molecule has 3 N–H and O–H groups in total. The number of hydrogen-bond donors (Lipinski definition) is 3. The molecule has 0 aromatic heterocycles. The molecule has 0 aliphatic carbocycles. The van der Waals surface area contributed by atoms with E-state index in [2.05, 4.69) is 10.6 Å². The number of benzene rings is 2. The van der Waals surface area contributed by atoms with Crippen molar-refractivity contribution in [3.63, 3.8) is 0 Å². The average molecular weight is 384 g/mol. The number of carboxylic acids is 1. The lowest BCUT2D eigenvalue weighted by Crippen LogP contribution is -2.42. The first-order valence-electron chi connectivity index (χ1n) is 8.46. The van der Waals surface area contributed by atoms with E-state index in [1.165, 1.54) is 19.1 Å². The predicted molar refractivity (Wildman–Crippen MR) is 100 cm³/mol. The minimum absolute atomic E-state index is 0.0126. The van der Waals surface area contributed by atoms with Gasteiger partial charge in [0.05, 0.1) is 6.42 Å². The van der Waals surface area contributed by atoms with E-state index in [0.717, 1.165) is 5.56 Å². The van der Waals surface area contributed by atoms with Gasteiger partial charge in [-0.1, -0.05) is 36.4 Å². The van der Waals surface area contributed by atoms with E-state index in [1.54, 1.807) is 36.4 Å². The third-order valence-electron chi connectivity index (χ3n) is 3.66. The van der Waals surface area contributed by atoms with Crippen LogP contribution in [0.4, 0.5) is 5.69 Å². The summed E-state index contributed by atoms with van der Waals surface area (Å²) in [7, 11) is 0. The molecule has 8 nitrogen and oxygen atoms in total. The minimum Gasteiger partial charge on any atom is -0.480 e. The van der Waals surface area contributed by atoms with E-state index in [0.29, 0.717) is 5.69 Å². The first kappa shape index (κ1) is 20.6. The molecule has 0 spiro atoms. The summed E-state index contributed by atoms with van der Waals surface area (Å²) in [5.41, 5.74) is 1.31. The van der Waals surface area contributed by atoms with Crippen molar-refractivity contribution in [1.29, 1.82) is 0 Å². The summed E-state index contributed by atoms with van der Waals surface area (Å²) in [6.45, 7) is 1.34. The first-order valence-corrected chi connectivity index (χ1v) is 8.46. The average Bonchev–Trinajstić information content (AvgIpc) is 2.66. The fraction of sp³-hybridized carbons (Fsp3) is 0.200. The molecule has 28 heavy (non-hydrogen) atoms. The highest BCUT2D eigenvalue weighted by Crippen LogP contribution is 2.11. The van der Waals surface area contributed by atoms with Crippen LogP contribution in [0.15, 0.2) is 54.6 Å². The molecule has 1 atom stereocenters. The van der Waals surface area contributed by atoms with Crippen molar-refractivity contribution in [2.75, 3.05) is 5.32 Å². The Morgan fingerprint density at radius 1 is 1.04 bits per heavy atom. The number of amides is 2. The minimum atomic E-state index is -1.44. The molecule has 0 bridgehead atoms. The molecule has 8 heteroatoms. The van der Waals surface area contributed by atoms with E-state index in [9.17, 15) is 24.3 Å². The maximum Gasteiger partial charge on any atom is 0.326 e. The van der Waals surface area contributed by atoms with Gasteiger partial charge in [0, 0.05) is 18.2 Å². The molecule has 2 rings (SSSR count). The van der Waals surface area contributed by atoms with E-state index >= 15 is 0 Å². The molecule has 2 aromatic rings. The molecule has 0 aliphatic rings. The van der Waals surface area contributed by atoms with E-state index in [1.807, 2.05) is 6.07 Å². The number of ether oxygens (including phenoxy) is 1. The molecule has 0 fully saturated rings. The van der Waals surface area contributed by atoms with Gasteiger partial charge in [0.2, 0.25) is 5.91 Å². The highest BCUT2D eigenvalue weighted by molar-refractivity contribution is 5.99. The number of aliphatic carboxylic acids is 1. The smallest absolute Gasteiger partial charge is 0.326 e. The Labute approximate surface area is 161 Å². The zero-order valence-electron chi connectivity index (χ0n) is 15.2. The number of carboxylic acid groups (broad SMARTS) is 1. The van der Waals surface area contributed by atoms with E-state index in [4.69, 9.17) is 4.74 Å². The second kappa shape index (κ2) is 9.86. The molecule has 0 saturated heterocycles. The van der Waals surface area contributed by atoms with Crippen molar-refractivity contribution in [2.24, 2.45) is 0 Å². The van der Waals surface area contributed by atoms with Crippen LogP contribution in [-0.4, -0.2) is 34.9 Å². The summed E-state index contributed by atoms with van der Waals surface area (Å²) in [6, 6.07) is 13.5. The second-order valence-electron chi connectivity index (χ2n) is 5.98. The fourth-order valence-electron chi connectivity index (χ4n) is 2.35. The molecule has 0 heterocycles. The van der Waals surface area contributed by atoms with Crippen molar-refractivity contribution >= 4 is 29.4 Å². The normalized spacial score (nSPS) is 11.2. The third-order valence-corrected chi connectivity index (χ3v) is 3.66.